The molecule has 28 heavy (non-hydrogen) atoms. The van der Waals surface area contributed by atoms with Gasteiger partial charge in [-0.25, -0.2) is 0 Å². The molecule has 0 saturated carbocycles. The van der Waals surface area contributed by atoms with Gasteiger partial charge < -0.3 is 15.5 Å². The van der Waals surface area contributed by atoms with Crippen molar-refractivity contribution in [2.45, 2.75) is 12.8 Å². The van der Waals surface area contributed by atoms with Crippen molar-refractivity contribution in [2.24, 2.45) is 5.92 Å². The summed E-state index contributed by atoms with van der Waals surface area (Å²) in [5.41, 5.74) is 0.443. The summed E-state index contributed by atoms with van der Waals surface area (Å²) < 4.78 is 0. The number of rotatable bonds is 7. The molecule has 2 amide bonds. The number of nitro benzene ring substituents is 1. The molecule has 2 aromatic rings. The first-order valence-corrected chi connectivity index (χ1v) is 10.0. The van der Waals surface area contributed by atoms with Crippen LogP contribution in [0.5, 0.6) is 0 Å². The summed E-state index contributed by atoms with van der Waals surface area (Å²) in [5, 5.41) is 18.7. The van der Waals surface area contributed by atoms with Crippen LogP contribution in [0.4, 0.5) is 11.4 Å². The van der Waals surface area contributed by atoms with E-state index >= 15 is 0 Å². The van der Waals surface area contributed by atoms with Crippen LogP contribution in [0.15, 0.2) is 41.8 Å². The molecule has 148 valence electrons. The lowest BCUT2D eigenvalue weighted by Crippen LogP contribution is -2.43. The van der Waals surface area contributed by atoms with E-state index in [9.17, 15) is 19.7 Å². The number of thiophene rings is 1. The van der Waals surface area contributed by atoms with Crippen molar-refractivity contribution in [3.63, 3.8) is 0 Å². The summed E-state index contributed by atoms with van der Waals surface area (Å²) in [5.74, 6) is -0.117. The predicted octanol–water partition coefficient (Wildman–Crippen LogP) is 2.74. The summed E-state index contributed by atoms with van der Waals surface area (Å²) in [6, 6.07) is 10.1. The van der Waals surface area contributed by atoms with Gasteiger partial charge in [-0.05, 0) is 30.4 Å². The summed E-state index contributed by atoms with van der Waals surface area (Å²) in [7, 11) is 0. The highest BCUT2D eigenvalue weighted by atomic mass is 32.1. The smallest absolute Gasteiger partial charge is 0.292 e. The van der Waals surface area contributed by atoms with Crippen LogP contribution in [0, 0.1) is 16.0 Å². The average molecular weight is 402 g/mol. The highest BCUT2D eigenvalue weighted by Crippen LogP contribution is 2.23. The highest BCUT2D eigenvalue weighted by molar-refractivity contribution is 7.12. The maximum Gasteiger partial charge on any atom is 0.292 e. The average Bonchev–Trinajstić information content (AvgIpc) is 3.25. The molecule has 0 bridgehead atoms. The largest absolute Gasteiger partial charge is 0.378 e. The molecule has 1 aromatic heterocycles. The van der Waals surface area contributed by atoms with Gasteiger partial charge in [0.25, 0.3) is 11.6 Å². The van der Waals surface area contributed by atoms with E-state index in [0.29, 0.717) is 44.7 Å². The maximum atomic E-state index is 12.3. The number of piperidine rings is 1. The number of nitrogens with one attached hydrogen (secondary N) is 2. The number of anilines is 1. The van der Waals surface area contributed by atoms with Crippen molar-refractivity contribution in [3.05, 3.63) is 56.8 Å². The molecule has 2 heterocycles. The van der Waals surface area contributed by atoms with Crippen LogP contribution in [0.3, 0.4) is 0 Å². The molecule has 9 heteroatoms. The zero-order chi connectivity index (χ0) is 19.9. The highest BCUT2D eigenvalue weighted by Gasteiger charge is 2.27. The molecule has 0 aliphatic carbocycles. The Bertz CT molecular complexity index is 832. The minimum atomic E-state index is -0.438. The fourth-order valence-corrected chi connectivity index (χ4v) is 3.90. The SMILES string of the molecule is O=C(NCCNc1ccccc1[N+](=O)[O-])C1CCN(C(=O)c2cccs2)CC1. The van der Waals surface area contributed by atoms with Crippen LogP contribution in [-0.2, 0) is 4.79 Å². The summed E-state index contributed by atoms with van der Waals surface area (Å²) in [6.45, 7) is 1.91. The monoisotopic (exact) mass is 402 g/mol. The summed E-state index contributed by atoms with van der Waals surface area (Å²) in [4.78, 5) is 37.8. The first kappa shape index (κ1) is 19.8. The van der Waals surface area contributed by atoms with Gasteiger partial charge in [0.1, 0.15) is 5.69 Å². The number of para-hydroxylation sites is 2. The molecular formula is C19H22N4O4S. The number of nitro groups is 1. The molecular weight excluding hydrogens is 380 g/mol. The van der Waals surface area contributed by atoms with Gasteiger partial charge in [-0.1, -0.05) is 18.2 Å². The Kier molecular flexibility index (Phi) is 6.59. The van der Waals surface area contributed by atoms with Crippen molar-refractivity contribution < 1.29 is 14.5 Å². The third kappa shape index (κ3) is 4.86. The summed E-state index contributed by atoms with van der Waals surface area (Å²) >= 11 is 1.43. The number of nitrogens with zero attached hydrogens (tertiary/aromatic N) is 2. The Hall–Kier alpha value is -2.94. The Balaban J connectivity index is 1.39. The molecule has 1 fully saturated rings. The third-order valence-corrected chi connectivity index (χ3v) is 5.58. The van der Waals surface area contributed by atoms with E-state index in [1.54, 1.807) is 23.1 Å². The lowest BCUT2D eigenvalue weighted by Gasteiger charge is -2.31. The maximum absolute atomic E-state index is 12.3. The first-order valence-electron chi connectivity index (χ1n) is 9.14. The molecule has 1 aliphatic heterocycles. The van der Waals surface area contributed by atoms with Gasteiger partial charge in [0, 0.05) is 38.2 Å². The number of carbonyl (C=O) groups is 2. The van der Waals surface area contributed by atoms with Gasteiger partial charge >= 0.3 is 0 Å². The zero-order valence-electron chi connectivity index (χ0n) is 15.3. The van der Waals surface area contributed by atoms with Crippen molar-refractivity contribution in [1.29, 1.82) is 0 Å². The van der Waals surface area contributed by atoms with E-state index < -0.39 is 4.92 Å². The Morgan fingerprint density at radius 3 is 2.57 bits per heavy atom. The number of likely N-dealkylation sites (tertiary alicyclic amines) is 1. The van der Waals surface area contributed by atoms with Crippen molar-refractivity contribution in [2.75, 3.05) is 31.5 Å². The minimum Gasteiger partial charge on any atom is -0.378 e. The van der Waals surface area contributed by atoms with Crippen molar-refractivity contribution in [1.82, 2.24) is 10.2 Å². The summed E-state index contributed by atoms with van der Waals surface area (Å²) in [6.07, 6.45) is 1.28. The van der Waals surface area contributed by atoms with Crippen molar-refractivity contribution >= 4 is 34.5 Å². The van der Waals surface area contributed by atoms with Gasteiger partial charge in [0.2, 0.25) is 5.91 Å². The molecule has 0 unspecified atom stereocenters. The number of amides is 2. The molecule has 1 aliphatic rings. The molecule has 0 spiro atoms. The zero-order valence-corrected chi connectivity index (χ0v) is 16.1. The number of benzene rings is 1. The van der Waals surface area contributed by atoms with Gasteiger partial charge in [-0.3, -0.25) is 19.7 Å². The lowest BCUT2D eigenvalue weighted by molar-refractivity contribution is -0.384. The van der Waals surface area contributed by atoms with Crippen molar-refractivity contribution in [3.8, 4) is 0 Å². The topological polar surface area (TPSA) is 105 Å². The fourth-order valence-electron chi connectivity index (χ4n) is 3.21. The molecule has 1 aromatic carbocycles. The van der Waals surface area contributed by atoms with E-state index in [1.165, 1.54) is 17.4 Å². The van der Waals surface area contributed by atoms with E-state index in [1.807, 2.05) is 17.5 Å². The van der Waals surface area contributed by atoms with Crippen LogP contribution in [0.2, 0.25) is 0 Å². The van der Waals surface area contributed by atoms with E-state index in [0.717, 1.165) is 4.88 Å². The number of hydrogen-bond donors (Lipinski definition) is 2. The lowest BCUT2D eigenvalue weighted by atomic mass is 9.96. The van der Waals surface area contributed by atoms with Crippen LogP contribution in [-0.4, -0.2) is 47.8 Å². The molecule has 1 saturated heterocycles. The van der Waals surface area contributed by atoms with Gasteiger partial charge in [0.05, 0.1) is 9.80 Å². The standard InChI is InChI=1S/C19H22N4O4S/c24-18(21-10-9-20-15-4-1-2-5-16(15)23(26)27)14-7-11-22(12-8-14)19(25)17-6-3-13-28-17/h1-6,13-14,20H,7-12H2,(H,21,24). The first-order chi connectivity index (χ1) is 13.6. The minimum absolute atomic E-state index is 0.0107. The number of carbonyl (C=O) groups excluding carboxylic acids is 2. The molecule has 8 nitrogen and oxygen atoms in total. The number of hydrogen-bond acceptors (Lipinski definition) is 6. The van der Waals surface area contributed by atoms with Crippen LogP contribution in [0.1, 0.15) is 22.5 Å². The van der Waals surface area contributed by atoms with Gasteiger partial charge in [-0.2, -0.15) is 0 Å². The van der Waals surface area contributed by atoms with Crippen LogP contribution in [0.25, 0.3) is 0 Å². The van der Waals surface area contributed by atoms with Gasteiger partial charge in [-0.15, -0.1) is 11.3 Å². The van der Waals surface area contributed by atoms with E-state index in [4.69, 9.17) is 0 Å². The third-order valence-electron chi connectivity index (χ3n) is 4.73. The van der Waals surface area contributed by atoms with Crippen LogP contribution < -0.4 is 10.6 Å². The Labute approximate surface area is 166 Å². The Morgan fingerprint density at radius 1 is 1.14 bits per heavy atom. The molecule has 0 atom stereocenters. The van der Waals surface area contributed by atoms with E-state index in [-0.39, 0.29) is 23.4 Å². The Morgan fingerprint density at radius 2 is 1.89 bits per heavy atom. The second-order valence-corrected chi connectivity index (χ2v) is 7.48. The molecule has 3 rings (SSSR count). The fraction of sp³-hybridized carbons (Fsp3) is 0.368. The predicted molar refractivity (Wildman–Crippen MR) is 108 cm³/mol. The second kappa shape index (κ2) is 9.32. The van der Waals surface area contributed by atoms with Gasteiger partial charge in [0.15, 0.2) is 0 Å². The van der Waals surface area contributed by atoms with Crippen LogP contribution >= 0.6 is 11.3 Å². The molecule has 2 N–H and O–H groups in total. The molecule has 0 radical (unpaired) electrons. The van der Waals surface area contributed by atoms with E-state index in [2.05, 4.69) is 10.6 Å². The normalized spacial score (nSPS) is 14.5. The second-order valence-electron chi connectivity index (χ2n) is 6.54. The quantitative estimate of drug-likeness (QED) is 0.421.